The number of amides is 1. The summed E-state index contributed by atoms with van der Waals surface area (Å²) in [4.78, 5) is 13.0. The smallest absolute Gasteiger partial charge is 0.262 e. The van der Waals surface area contributed by atoms with Gasteiger partial charge in [0.1, 0.15) is 5.75 Å². The van der Waals surface area contributed by atoms with Gasteiger partial charge in [-0.1, -0.05) is 42.0 Å². The highest BCUT2D eigenvalue weighted by Gasteiger charge is 2.21. The Kier molecular flexibility index (Phi) is 6.89. The van der Waals surface area contributed by atoms with Crippen molar-refractivity contribution in [2.45, 2.75) is 38.6 Å². The Morgan fingerprint density at radius 2 is 1.66 bits per heavy atom. The van der Waals surface area contributed by atoms with E-state index in [-0.39, 0.29) is 22.4 Å². The molecule has 3 aromatic carbocycles. The molecule has 0 radical (unpaired) electrons. The highest BCUT2D eigenvalue weighted by atomic mass is 32.2. The molecule has 0 saturated heterocycles. The SMILES string of the molecule is COc1ccccc1[C@@H](C)NC(=O)c1ccc(C)c(S(=O)(=O)Nc2ccc(C)cc2C)c1. The van der Waals surface area contributed by atoms with Gasteiger partial charge in [0, 0.05) is 11.1 Å². The lowest BCUT2D eigenvalue weighted by atomic mass is 10.1. The van der Waals surface area contributed by atoms with E-state index >= 15 is 0 Å². The maximum absolute atomic E-state index is 13.1. The molecule has 0 spiro atoms. The van der Waals surface area contributed by atoms with Crippen molar-refractivity contribution >= 4 is 21.6 Å². The number of para-hydroxylation sites is 1. The first-order valence-electron chi connectivity index (χ1n) is 10.3. The van der Waals surface area contributed by atoms with E-state index in [9.17, 15) is 13.2 Å². The predicted octanol–water partition coefficient (Wildman–Crippen LogP) is 4.91. The zero-order valence-corrected chi connectivity index (χ0v) is 19.7. The van der Waals surface area contributed by atoms with E-state index < -0.39 is 10.0 Å². The summed E-state index contributed by atoms with van der Waals surface area (Å²) >= 11 is 0. The molecule has 0 aliphatic carbocycles. The summed E-state index contributed by atoms with van der Waals surface area (Å²) in [5, 5.41) is 2.92. The Bertz CT molecular complexity index is 1250. The van der Waals surface area contributed by atoms with Gasteiger partial charge in [-0.05, 0) is 63.1 Å². The van der Waals surface area contributed by atoms with Gasteiger partial charge >= 0.3 is 0 Å². The van der Waals surface area contributed by atoms with Crippen LogP contribution >= 0.6 is 0 Å². The van der Waals surface area contributed by atoms with Crippen molar-refractivity contribution in [2.24, 2.45) is 0 Å². The Morgan fingerprint density at radius 1 is 0.938 bits per heavy atom. The van der Waals surface area contributed by atoms with Crippen LogP contribution in [0.25, 0.3) is 0 Å². The number of methoxy groups -OCH3 is 1. The number of sulfonamides is 1. The molecule has 0 unspecified atom stereocenters. The number of carbonyl (C=O) groups excluding carboxylic acids is 1. The molecule has 2 N–H and O–H groups in total. The topological polar surface area (TPSA) is 84.5 Å². The molecule has 3 rings (SSSR count). The lowest BCUT2D eigenvalue weighted by Crippen LogP contribution is -2.27. The first-order chi connectivity index (χ1) is 15.1. The van der Waals surface area contributed by atoms with Crippen molar-refractivity contribution in [1.29, 1.82) is 0 Å². The molecule has 0 aliphatic heterocycles. The van der Waals surface area contributed by atoms with Crippen LogP contribution in [0, 0.1) is 20.8 Å². The van der Waals surface area contributed by atoms with Crippen LogP contribution in [0.5, 0.6) is 5.75 Å². The maximum Gasteiger partial charge on any atom is 0.262 e. The molecule has 168 valence electrons. The molecule has 7 heteroatoms. The third-order valence-electron chi connectivity index (χ3n) is 5.32. The van der Waals surface area contributed by atoms with Gasteiger partial charge in [-0.15, -0.1) is 0 Å². The summed E-state index contributed by atoms with van der Waals surface area (Å²) in [5.74, 6) is 0.302. The largest absolute Gasteiger partial charge is 0.496 e. The van der Waals surface area contributed by atoms with Gasteiger partial charge in [-0.2, -0.15) is 0 Å². The average Bonchev–Trinajstić information content (AvgIpc) is 2.75. The van der Waals surface area contributed by atoms with E-state index in [0.29, 0.717) is 17.0 Å². The Balaban J connectivity index is 1.86. The summed E-state index contributed by atoms with van der Waals surface area (Å²) < 4.78 is 34.2. The van der Waals surface area contributed by atoms with Crippen molar-refractivity contribution in [3.63, 3.8) is 0 Å². The fourth-order valence-corrected chi connectivity index (χ4v) is 4.94. The Morgan fingerprint density at radius 3 is 2.34 bits per heavy atom. The van der Waals surface area contributed by atoms with E-state index in [1.165, 1.54) is 6.07 Å². The van der Waals surface area contributed by atoms with Crippen LogP contribution in [-0.4, -0.2) is 21.4 Å². The molecule has 0 bridgehead atoms. The van der Waals surface area contributed by atoms with Crippen LogP contribution in [0.1, 0.15) is 45.6 Å². The second-order valence-electron chi connectivity index (χ2n) is 7.84. The molecule has 6 nitrogen and oxygen atoms in total. The predicted molar refractivity (Wildman–Crippen MR) is 127 cm³/mol. The van der Waals surface area contributed by atoms with Gasteiger partial charge in [0.15, 0.2) is 0 Å². The zero-order valence-electron chi connectivity index (χ0n) is 18.9. The van der Waals surface area contributed by atoms with Gasteiger partial charge in [-0.3, -0.25) is 9.52 Å². The second-order valence-corrected chi connectivity index (χ2v) is 9.49. The number of aryl methyl sites for hydroxylation is 3. The monoisotopic (exact) mass is 452 g/mol. The zero-order chi connectivity index (χ0) is 23.5. The van der Waals surface area contributed by atoms with Crippen LogP contribution in [0.2, 0.25) is 0 Å². The number of nitrogens with one attached hydrogen (secondary N) is 2. The Hall–Kier alpha value is -3.32. The molecular formula is C25H28N2O4S. The summed E-state index contributed by atoms with van der Waals surface area (Å²) in [5.41, 5.74) is 4.03. The van der Waals surface area contributed by atoms with Gasteiger partial charge < -0.3 is 10.1 Å². The van der Waals surface area contributed by atoms with Gasteiger partial charge in [0.05, 0.1) is 23.7 Å². The van der Waals surface area contributed by atoms with Crippen LogP contribution in [0.3, 0.4) is 0 Å². The number of benzene rings is 3. The van der Waals surface area contributed by atoms with E-state index in [2.05, 4.69) is 10.0 Å². The highest BCUT2D eigenvalue weighted by Crippen LogP contribution is 2.26. The van der Waals surface area contributed by atoms with Gasteiger partial charge in [-0.25, -0.2) is 8.42 Å². The van der Waals surface area contributed by atoms with Crippen molar-refractivity contribution < 1.29 is 17.9 Å². The van der Waals surface area contributed by atoms with E-state index in [1.807, 2.05) is 57.2 Å². The highest BCUT2D eigenvalue weighted by molar-refractivity contribution is 7.92. The van der Waals surface area contributed by atoms with Gasteiger partial charge in [0.2, 0.25) is 0 Å². The minimum absolute atomic E-state index is 0.0649. The molecule has 1 amide bonds. The fourth-order valence-electron chi connectivity index (χ4n) is 3.54. The molecule has 3 aromatic rings. The minimum Gasteiger partial charge on any atom is -0.496 e. The molecule has 1 atom stereocenters. The summed E-state index contributed by atoms with van der Waals surface area (Å²) in [6, 6.07) is 17.3. The minimum atomic E-state index is -3.88. The summed E-state index contributed by atoms with van der Waals surface area (Å²) in [6.07, 6.45) is 0. The van der Waals surface area contributed by atoms with Crippen molar-refractivity contribution in [3.8, 4) is 5.75 Å². The third kappa shape index (κ3) is 5.11. The van der Waals surface area contributed by atoms with Crippen molar-refractivity contribution in [2.75, 3.05) is 11.8 Å². The average molecular weight is 453 g/mol. The molecular weight excluding hydrogens is 424 g/mol. The quantitative estimate of drug-likeness (QED) is 0.533. The van der Waals surface area contributed by atoms with Crippen LogP contribution in [-0.2, 0) is 10.0 Å². The van der Waals surface area contributed by atoms with Crippen LogP contribution < -0.4 is 14.8 Å². The molecule has 0 saturated carbocycles. The van der Waals surface area contributed by atoms with Crippen LogP contribution in [0.15, 0.2) is 65.6 Å². The Labute approximate surface area is 189 Å². The first-order valence-corrected chi connectivity index (χ1v) is 11.7. The number of ether oxygens (including phenoxy) is 1. The lowest BCUT2D eigenvalue weighted by Gasteiger charge is -2.18. The summed E-state index contributed by atoms with van der Waals surface area (Å²) in [7, 11) is -2.30. The number of anilines is 1. The van der Waals surface area contributed by atoms with Crippen molar-refractivity contribution in [1.82, 2.24) is 5.32 Å². The molecule has 32 heavy (non-hydrogen) atoms. The second kappa shape index (κ2) is 9.44. The first kappa shape index (κ1) is 23.3. The standard InChI is InChI=1S/C25H28N2O4S/c1-16-10-13-22(18(3)14-16)27-32(29,30)24-15-20(12-11-17(24)2)25(28)26-19(4)21-8-6-7-9-23(21)31-5/h6-15,19,27H,1-5H3,(H,26,28)/t19-/m1/s1. The van der Waals surface area contributed by atoms with E-state index in [0.717, 1.165) is 16.7 Å². The molecule has 0 aromatic heterocycles. The molecule has 0 fully saturated rings. The number of rotatable bonds is 7. The number of hydrogen-bond acceptors (Lipinski definition) is 4. The van der Waals surface area contributed by atoms with Crippen molar-refractivity contribution in [3.05, 3.63) is 88.5 Å². The number of hydrogen-bond donors (Lipinski definition) is 2. The third-order valence-corrected chi connectivity index (χ3v) is 6.83. The maximum atomic E-state index is 13.1. The normalized spacial score (nSPS) is 12.2. The fraction of sp³-hybridized carbons (Fsp3) is 0.240. The van der Waals surface area contributed by atoms with Gasteiger partial charge in [0.25, 0.3) is 15.9 Å². The lowest BCUT2D eigenvalue weighted by molar-refractivity contribution is 0.0939. The molecule has 0 aliphatic rings. The summed E-state index contributed by atoms with van der Waals surface area (Å²) in [6.45, 7) is 7.35. The number of carbonyl (C=O) groups is 1. The van der Waals surface area contributed by atoms with E-state index in [4.69, 9.17) is 4.74 Å². The van der Waals surface area contributed by atoms with E-state index in [1.54, 1.807) is 32.2 Å². The molecule has 0 heterocycles. The van der Waals surface area contributed by atoms with Crippen LogP contribution in [0.4, 0.5) is 5.69 Å².